The van der Waals surface area contributed by atoms with E-state index in [9.17, 15) is 4.79 Å². The summed E-state index contributed by atoms with van der Waals surface area (Å²) in [5, 5.41) is 2.66. The Hall–Kier alpha value is -0.530. The van der Waals surface area contributed by atoms with E-state index in [-0.39, 0.29) is 18.4 Å². The third kappa shape index (κ3) is 7.59. The Labute approximate surface area is 134 Å². The second-order valence-electron chi connectivity index (χ2n) is 5.04. The lowest BCUT2D eigenvalue weighted by atomic mass is 10.1. The van der Waals surface area contributed by atoms with Crippen LogP contribution < -0.4 is 11.1 Å². The van der Waals surface area contributed by atoms with Gasteiger partial charge in [0.15, 0.2) is 0 Å². The lowest BCUT2D eigenvalue weighted by Gasteiger charge is -2.21. The number of alkyl carbamates (subject to hydrolysis) is 1. The molecule has 0 heterocycles. The summed E-state index contributed by atoms with van der Waals surface area (Å²) in [6, 6.07) is 7.67. The number of nitrogens with one attached hydrogen (secondary N) is 1. The summed E-state index contributed by atoms with van der Waals surface area (Å²) >= 11 is 2.24. The number of carbonyl (C=O) groups excluding carboxylic acids is 1. The zero-order valence-electron chi connectivity index (χ0n) is 11.3. The van der Waals surface area contributed by atoms with E-state index in [0.717, 1.165) is 9.13 Å². The predicted octanol–water partition coefficient (Wildman–Crippen LogP) is 3.24. The number of hydrogen-bond acceptors (Lipinski definition) is 3. The molecule has 4 nitrogen and oxygen atoms in total. The van der Waals surface area contributed by atoms with Gasteiger partial charge in [-0.15, -0.1) is 12.4 Å². The van der Waals surface area contributed by atoms with Gasteiger partial charge in [0.25, 0.3) is 0 Å². The molecule has 1 unspecified atom stereocenters. The fraction of sp³-hybridized carbons (Fsp3) is 0.462. The average Bonchev–Trinajstić information content (AvgIpc) is 2.24. The van der Waals surface area contributed by atoms with Gasteiger partial charge in [-0.3, -0.25) is 0 Å². The fourth-order valence-electron chi connectivity index (χ4n) is 1.34. The molecule has 1 aromatic rings. The van der Waals surface area contributed by atoms with Gasteiger partial charge in [-0.25, -0.2) is 4.79 Å². The van der Waals surface area contributed by atoms with Crippen LogP contribution in [-0.4, -0.2) is 18.2 Å². The molecule has 108 valence electrons. The van der Waals surface area contributed by atoms with Crippen molar-refractivity contribution in [1.82, 2.24) is 5.32 Å². The molecule has 0 spiro atoms. The van der Waals surface area contributed by atoms with Gasteiger partial charge in [-0.1, -0.05) is 12.1 Å². The van der Waals surface area contributed by atoms with Crippen LogP contribution in [0.15, 0.2) is 24.3 Å². The number of halogens is 2. The summed E-state index contributed by atoms with van der Waals surface area (Å²) in [4.78, 5) is 11.5. The summed E-state index contributed by atoms with van der Waals surface area (Å²) in [5.41, 5.74) is 6.49. The second-order valence-corrected chi connectivity index (χ2v) is 6.29. The lowest BCUT2D eigenvalue weighted by molar-refractivity contribution is 0.0524. The molecule has 0 bridgehead atoms. The highest BCUT2D eigenvalue weighted by atomic mass is 127. The standard InChI is InChI=1S/C13H19IN2O2.ClH/c1-13(2,3)18-12(17)16-8-11(15)9-4-6-10(14)7-5-9;/h4-7,11H,8,15H2,1-3H3,(H,16,17);1H. The number of ether oxygens (including phenoxy) is 1. The maximum atomic E-state index is 11.5. The SMILES string of the molecule is CC(C)(C)OC(=O)NCC(N)c1ccc(I)cc1.Cl. The van der Waals surface area contributed by atoms with Crippen LogP contribution in [-0.2, 0) is 4.74 Å². The molecule has 0 aliphatic rings. The second kappa shape index (κ2) is 7.91. The Morgan fingerprint density at radius 3 is 2.37 bits per heavy atom. The topological polar surface area (TPSA) is 64.3 Å². The largest absolute Gasteiger partial charge is 0.444 e. The Kier molecular flexibility index (Phi) is 7.69. The Bertz CT molecular complexity index is 404. The number of carbonyl (C=O) groups is 1. The van der Waals surface area contributed by atoms with Gasteiger partial charge < -0.3 is 15.8 Å². The van der Waals surface area contributed by atoms with Crippen LogP contribution >= 0.6 is 35.0 Å². The first kappa shape index (κ1) is 18.5. The van der Waals surface area contributed by atoms with Gasteiger partial charge in [0.1, 0.15) is 5.60 Å². The molecule has 0 saturated heterocycles. The number of amides is 1. The van der Waals surface area contributed by atoms with Crippen LogP contribution in [0.5, 0.6) is 0 Å². The maximum Gasteiger partial charge on any atom is 0.407 e. The molecule has 0 radical (unpaired) electrons. The molecule has 0 aromatic heterocycles. The number of hydrogen-bond donors (Lipinski definition) is 2. The van der Waals surface area contributed by atoms with Crippen LogP contribution in [0.1, 0.15) is 32.4 Å². The van der Waals surface area contributed by atoms with E-state index in [1.165, 1.54) is 0 Å². The van der Waals surface area contributed by atoms with Crippen molar-refractivity contribution in [2.24, 2.45) is 5.73 Å². The van der Waals surface area contributed by atoms with E-state index in [0.29, 0.717) is 6.54 Å². The molecule has 1 amide bonds. The molecule has 1 atom stereocenters. The molecule has 0 fully saturated rings. The van der Waals surface area contributed by atoms with Crippen molar-refractivity contribution in [2.75, 3.05) is 6.54 Å². The maximum absolute atomic E-state index is 11.5. The van der Waals surface area contributed by atoms with Crippen LogP contribution in [0.25, 0.3) is 0 Å². The van der Waals surface area contributed by atoms with Crippen molar-refractivity contribution in [3.8, 4) is 0 Å². The molecule has 0 aliphatic heterocycles. The first-order valence-electron chi connectivity index (χ1n) is 5.76. The molecule has 1 aromatic carbocycles. The summed E-state index contributed by atoms with van der Waals surface area (Å²) in [5.74, 6) is 0. The third-order valence-corrected chi connectivity index (χ3v) is 2.88. The van der Waals surface area contributed by atoms with Crippen molar-refractivity contribution in [3.05, 3.63) is 33.4 Å². The highest BCUT2D eigenvalue weighted by Gasteiger charge is 2.16. The first-order chi connectivity index (χ1) is 8.28. The van der Waals surface area contributed by atoms with E-state index in [4.69, 9.17) is 10.5 Å². The van der Waals surface area contributed by atoms with E-state index in [1.807, 2.05) is 45.0 Å². The minimum Gasteiger partial charge on any atom is -0.444 e. The predicted molar refractivity (Wildman–Crippen MR) is 87.6 cm³/mol. The Balaban J connectivity index is 0.00000324. The van der Waals surface area contributed by atoms with Crippen LogP contribution in [0, 0.1) is 3.57 Å². The normalized spacial score (nSPS) is 12.3. The molecule has 0 aliphatic carbocycles. The van der Waals surface area contributed by atoms with Crippen molar-refractivity contribution in [3.63, 3.8) is 0 Å². The van der Waals surface area contributed by atoms with Crippen molar-refractivity contribution in [1.29, 1.82) is 0 Å². The summed E-state index contributed by atoms with van der Waals surface area (Å²) in [6.45, 7) is 5.83. The van der Waals surface area contributed by atoms with Crippen LogP contribution in [0.4, 0.5) is 4.79 Å². The van der Waals surface area contributed by atoms with Crippen LogP contribution in [0.3, 0.4) is 0 Å². The number of rotatable bonds is 3. The van der Waals surface area contributed by atoms with E-state index >= 15 is 0 Å². The highest BCUT2D eigenvalue weighted by Crippen LogP contribution is 2.12. The molecule has 6 heteroatoms. The lowest BCUT2D eigenvalue weighted by Crippen LogP contribution is -2.36. The van der Waals surface area contributed by atoms with Crippen molar-refractivity contribution < 1.29 is 9.53 Å². The molecular formula is C13H20ClIN2O2. The molecular weight excluding hydrogens is 379 g/mol. The van der Waals surface area contributed by atoms with E-state index in [2.05, 4.69) is 27.9 Å². The minimum atomic E-state index is -0.489. The van der Waals surface area contributed by atoms with Gasteiger partial charge in [0, 0.05) is 16.2 Å². The Morgan fingerprint density at radius 1 is 1.37 bits per heavy atom. The smallest absolute Gasteiger partial charge is 0.407 e. The van der Waals surface area contributed by atoms with Gasteiger partial charge >= 0.3 is 6.09 Å². The first-order valence-corrected chi connectivity index (χ1v) is 6.84. The van der Waals surface area contributed by atoms with Crippen molar-refractivity contribution in [2.45, 2.75) is 32.4 Å². The van der Waals surface area contributed by atoms with Gasteiger partial charge in [0.2, 0.25) is 0 Å². The van der Waals surface area contributed by atoms with E-state index in [1.54, 1.807) is 0 Å². The van der Waals surface area contributed by atoms with Gasteiger partial charge in [0.05, 0.1) is 0 Å². The molecule has 0 saturated carbocycles. The Morgan fingerprint density at radius 2 is 1.89 bits per heavy atom. The third-order valence-electron chi connectivity index (χ3n) is 2.16. The van der Waals surface area contributed by atoms with Crippen LogP contribution in [0.2, 0.25) is 0 Å². The molecule has 19 heavy (non-hydrogen) atoms. The minimum absolute atomic E-state index is 0. The highest BCUT2D eigenvalue weighted by molar-refractivity contribution is 14.1. The quantitative estimate of drug-likeness (QED) is 0.768. The monoisotopic (exact) mass is 398 g/mol. The van der Waals surface area contributed by atoms with E-state index < -0.39 is 11.7 Å². The number of nitrogens with two attached hydrogens (primary N) is 1. The molecule has 3 N–H and O–H groups in total. The zero-order valence-corrected chi connectivity index (χ0v) is 14.2. The summed E-state index contributed by atoms with van der Waals surface area (Å²) in [6.07, 6.45) is -0.441. The number of benzene rings is 1. The molecule has 1 rings (SSSR count). The fourth-order valence-corrected chi connectivity index (χ4v) is 1.69. The van der Waals surface area contributed by atoms with Gasteiger partial charge in [-0.05, 0) is 61.1 Å². The van der Waals surface area contributed by atoms with Gasteiger partial charge in [-0.2, -0.15) is 0 Å². The summed E-state index contributed by atoms with van der Waals surface area (Å²) < 4.78 is 6.29. The zero-order chi connectivity index (χ0) is 13.8. The average molecular weight is 399 g/mol. The van der Waals surface area contributed by atoms with Crippen molar-refractivity contribution >= 4 is 41.1 Å². The summed E-state index contributed by atoms with van der Waals surface area (Å²) in [7, 11) is 0.